The quantitative estimate of drug-likeness (QED) is 0.522. The Morgan fingerprint density at radius 3 is 2.64 bits per heavy atom. The molecule has 0 saturated heterocycles. The number of carbonyl (C=O) groups excluding carboxylic acids is 1. The summed E-state index contributed by atoms with van der Waals surface area (Å²) in [5.41, 5.74) is 3.78. The van der Waals surface area contributed by atoms with Gasteiger partial charge in [-0.25, -0.2) is 14.3 Å². The molecule has 0 saturated carbocycles. The molecule has 0 fully saturated rings. The number of pyridine rings is 1. The Morgan fingerprint density at radius 1 is 1.14 bits per heavy atom. The van der Waals surface area contributed by atoms with Crippen molar-refractivity contribution in [1.29, 1.82) is 0 Å². The molecular formula is C20H17BrN6O. The Kier molecular flexibility index (Phi) is 4.79. The maximum absolute atomic E-state index is 12.7. The second-order valence-electron chi connectivity index (χ2n) is 6.31. The molecule has 0 aliphatic rings. The first kappa shape index (κ1) is 18.1. The number of nitrogens with one attached hydrogen (secondary N) is 1. The maximum Gasteiger partial charge on any atom is 0.257 e. The van der Waals surface area contributed by atoms with Gasteiger partial charge in [-0.3, -0.25) is 4.79 Å². The molecule has 0 atom stereocenters. The van der Waals surface area contributed by atoms with Crippen molar-refractivity contribution in [3.05, 3.63) is 82.5 Å². The maximum atomic E-state index is 12.7. The fraction of sp³-hybridized carbons (Fsp3) is 0.100. The van der Waals surface area contributed by atoms with E-state index in [4.69, 9.17) is 0 Å². The van der Waals surface area contributed by atoms with Crippen molar-refractivity contribution in [2.24, 2.45) is 0 Å². The molecule has 3 heterocycles. The van der Waals surface area contributed by atoms with Crippen LogP contribution in [0.15, 0.2) is 65.5 Å². The minimum atomic E-state index is -0.251. The van der Waals surface area contributed by atoms with Crippen LogP contribution in [0.4, 0.5) is 5.69 Å². The van der Waals surface area contributed by atoms with E-state index >= 15 is 0 Å². The number of anilines is 1. The highest BCUT2D eigenvalue weighted by Gasteiger charge is 2.13. The first-order chi connectivity index (χ1) is 13.5. The molecule has 4 aromatic rings. The third-order valence-corrected chi connectivity index (χ3v) is 4.69. The van der Waals surface area contributed by atoms with Crippen LogP contribution in [0.3, 0.4) is 0 Å². The zero-order valence-corrected chi connectivity index (χ0v) is 16.9. The Hall–Kier alpha value is -3.26. The fourth-order valence-corrected chi connectivity index (χ4v) is 3.28. The zero-order chi connectivity index (χ0) is 19.7. The van der Waals surface area contributed by atoms with Gasteiger partial charge in [0.25, 0.3) is 5.91 Å². The molecular weight excluding hydrogens is 420 g/mol. The van der Waals surface area contributed by atoms with Crippen molar-refractivity contribution in [2.45, 2.75) is 13.8 Å². The molecule has 1 amide bonds. The second-order valence-corrected chi connectivity index (χ2v) is 7.23. The number of benzene rings is 1. The van der Waals surface area contributed by atoms with Crippen LogP contribution in [0.1, 0.15) is 21.7 Å². The second kappa shape index (κ2) is 7.40. The van der Waals surface area contributed by atoms with Crippen molar-refractivity contribution in [3.8, 4) is 11.5 Å². The van der Waals surface area contributed by atoms with Crippen LogP contribution >= 0.6 is 15.9 Å². The van der Waals surface area contributed by atoms with Gasteiger partial charge in [0.05, 0.1) is 22.6 Å². The summed E-state index contributed by atoms with van der Waals surface area (Å²) in [5, 5.41) is 11.6. The topological polar surface area (TPSA) is 77.6 Å². The molecule has 7 nitrogen and oxygen atoms in total. The number of halogens is 1. The van der Waals surface area contributed by atoms with E-state index in [-0.39, 0.29) is 5.91 Å². The third-order valence-electron chi connectivity index (χ3n) is 4.19. The lowest BCUT2D eigenvalue weighted by Crippen LogP contribution is -2.15. The smallest absolute Gasteiger partial charge is 0.257 e. The van der Waals surface area contributed by atoms with Crippen LogP contribution in [-0.4, -0.2) is 30.5 Å². The van der Waals surface area contributed by atoms with Gasteiger partial charge in [-0.2, -0.15) is 10.2 Å². The Bertz CT molecular complexity index is 1130. The fourth-order valence-electron chi connectivity index (χ4n) is 2.92. The number of hydrogen-bond acceptors (Lipinski definition) is 4. The summed E-state index contributed by atoms with van der Waals surface area (Å²) in [6.07, 6.45) is 5.06. The average Bonchev–Trinajstić information content (AvgIpc) is 3.31. The lowest BCUT2D eigenvalue weighted by atomic mass is 10.2. The monoisotopic (exact) mass is 436 g/mol. The highest BCUT2D eigenvalue weighted by atomic mass is 79.9. The summed E-state index contributed by atoms with van der Waals surface area (Å²) in [6.45, 7) is 3.90. The van der Waals surface area contributed by atoms with E-state index < -0.39 is 0 Å². The predicted molar refractivity (Wildman–Crippen MR) is 110 cm³/mol. The number of aryl methyl sites for hydroxylation is 2. The van der Waals surface area contributed by atoms with E-state index in [9.17, 15) is 4.79 Å². The molecule has 28 heavy (non-hydrogen) atoms. The van der Waals surface area contributed by atoms with Gasteiger partial charge in [-0.05, 0) is 56.3 Å². The van der Waals surface area contributed by atoms with E-state index in [1.54, 1.807) is 33.9 Å². The number of nitrogens with zero attached hydrogens (tertiary/aromatic N) is 5. The normalized spacial score (nSPS) is 10.8. The Labute approximate surface area is 170 Å². The highest BCUT2D eigenvalue weighted by molar-refractivity contribution is 9.10. The molecule has 0 aliphatic heterocycles. The van der Waals surface area contributed by atoms with Crippen molar-refractivity contribution in [3.63, 3.8) is 0 Å². The first-order valence-corrected chi connectivity index (χ1v) is 9.41. The van der Waals surface area contributed by atoms with Gasteiger partial charge in [0.2, 0.25) is 0 Å². The minimum absolute atomic E-state index is 0.251. The van der Waals surface area contributed by atoms with Crippen LogP contribution < -0.4 is 5.32 Å². The highest BCUT2D eigenvalue weighted by Crippen LogP contribution is 2.25. The van der Waals surface area contributed by atoms with Crippen LogP contribution in [0.2, 0.25) is 0 Å². The standard InChI is InChI=1S/C20H17BrN6O/c1-13-10-14(2)27(25-13)19-7-4-15(12-22-19)20(28)24-17-11-16(21)5-6-18(17)26-9-3-8-23-26/h3-12H,1-2H3,(H,24,28). The molecule has 140 valence electrons. The third kappa shape index (κ3) is 3.59. The van der Waals surface area contributed by atoms with Gasteiger partial charge in [-0.1, -0.05) is 15.9 Å². The van der Waals surface area contributed by atoms with Gasteiger partial charge in [0, 0.05) is 28.8 Å². The molecule has 8 heteroatoms. The van der Waals surface area contributed by atoms with Gasteiger partial charge in [0.1, 0.15) is 0 Å². The number of aromatic nitrogens is 5. The number of amides is 1. The summed E-state index contributed by atoms with van der Waals surface area (Å²) in [6, 6.07) is 13.0. The molecule has 3 aromatic heterocycles. The van der Waals surface area contributed by atoms with E-state index in [0.717, 1.165) is 21.5 Å². The van der Waals surface area contributed by atoms with Crippen LogP contribution in [0.5, 0.6) is 0 Å². The van der Waals surface area contributed by atoms with Gasteiger partial charge in [0.15, 0.2) is 5.82 Å². The number of carbonyl (C=O) groups is 1. The Morgan fingerprint density at radius 2 is 2.00 bits per heavy atom. The molecule has 0 bridgehead atoms. The van der Waals surface area contributed by atoms with Crippen molar-refractivity contribution in [2.75, 3.05) is 5.32 Å². The van der Waals surface area contributed by atoms with E-state index in [1.807, 2.05) is 50.4 Å². The minimum Gasteiger partial charge on any atom is -0.320 e. The lowest BCUT2D eigenvalue weighted by molar-refractivity contribution is 0.102. The van der Waals surface area contributed by atoms with Crippen LogP contribution in [-0.2, 0) is 0 Å². The summed E-state index contributed by atoms with van der Waals surface area (Å²) < 4.78 is 4.31. The summed E-state index contributed by atoms with van der Waals surface area (Å²) >= 11 is 3.45. The summed E-state index contributed by atoms with van der Waals surface area (Å²) in [4.78, 5) is 17.1. The van der Waals surface area contributed by atoms with Gasteiger partial charge < -0.3 is 5.32 Å². The molecule has 0 aliphatic carbocycles. The SMILES string of the molecule is Cc1cc(C)n(-c2ccc(C(=O)Nc3cc(Br)ccc3-n3cccn3)cn2)n1. The molecule has 0 radical (unpaired) electrons. The summed E-state index contributed by atoms with van der Waals surface area (Å²) in [5.74, 6) is 0.417. The lowest BCUT2D eigenvalue weighted by Gasteiger charge is -2.12. The first-order valence-electron chi connectivity index (χ1n) is 8.62. The van der Waals surface area contributed by atoms with Gasteiger partial charge >= 0.3 is 0 Å². The van der Waals surface area contributed by atoms with Crippen LogP contribution in [0, 0.1) is 13.8 Å². The van der Waals surface area contributed by atoms with E-state index in [1.165, 1.54) is 0 Å². The molecule has 1 N–H and O–H groups in total. The van der Waals surface area contributed by atoms with E-state index in [2.05, 4.69) is 36.4 Å². The molecule has 0 unspecified atom stereocenters. The number of hydrogen-bond donors (Lipinski definition) is 1. The zero-order valence-electron chi connectivity index (χ0n) is 15.3. The van der Waals surface area contributed by atoms with Crippen molar-refractivity contribution >= 4 is 27.5 Å². The predicted octanol–water partition coefficient (Wildman–Crippen LogP) is 4.08. The average molecular weight is 437 g/mol. The van der Waals surface area contributed by atoms with E-state index in [0.29, 0.717) is 17.1 Å². The Balaban J connectivity index is 1.59. The summed E-state index contributed by atoms with van der Waals surface area (Å²) in [7, 11) is 0. The molecule has 1 aromatic carbocycles. The van der Waals surface area contributed by atoms with Crippen molar-refractivity contribution < 1.29 is 4.79 Å². The molecule has 0 spiro atoms. The van der Waals surface area contributed by atoms with Crippen molar-refractivity contribution in [1.82, 2.24) is 24.5 Å². The largest absolute Gasteiger partial charge is 0.320 e. The van der Waals surface area contributed by atoms with Gasteiger partial charge in [-0.15, -0.1) is 0 Å². The number of rotatable bonds is 4. The van der Waals surface area contributed by atoms with Crippen LogP contribution in [0.25, 0.3) is 11.5 Å². The molecule has 4 rings (SSSR count).